The van der Waals surface area contributed by atoms with Crippen LogP contribution in [0.1, 0.15) is 21.5 Å². The van der Waals surface area contributed by atoms with Crippen molar-refractivity contribution in [3.05, 3.63) is 83.6 Å². The summed E-state index contributed by atoms with van der Waals surface area (Å²) in [7, 11) is -3.95. The molecule has 1 amide bonds. The summed E-state index contributed by atoms with van der Waals surface area (Å²) < 4.78 is 34.8. The number of aryl methyl sites for hydroxylation is 1. The maximum atomic E-state index is 13.3. The quantitative estimate of drug-likeness (QED) is 0.454. The van der Waals surface area contributed by atoms with Crippen molar-refractivity contribution in [2.75, 3.05) is 10.0 Å². The number of nitrogens with one attached hydrogen (secondary N) is 2. The summed E-state index contributed by atoms with van der Waals surface area (Å²) in [5.74, 6) is 0.335. The van der Waals surface area contributed by atoms with Crippen LogP contribution >= 0.6 is 0 Å². The smallest absolute Gasteiger partial charge is 0.262 e. The number of benzene rings is 3. The number of hydrogen-bond donors (Lipinski definition) is 2. The highest BCUT2D eigenvalue weighted by Crippen LogP contribution is 2.37. The highest BCUT2D eigenvalue weighted by molar-refractivity contribution is 7.93. The van der Waals surface area contributed by atoms with Gasteiger partial charge >= 0.3 is 0 Å². The lowest BCUT2D eigenvalue weighted by molar-refractivity contribution is 0.103. The van der Waals surface area contributed by atoms with Gasteiger partial charge in [0.1, 0.15) is 17.4 Å². The lowest BCUT2D eigenvalue weighted by atomic mass is 10.1. The van der Waals surface area contributed by atoms with Gasteiger partial charge in [0.2, 0.25) is 5.88 Å². The molecule has 1 aromatic heterocycles. The van der Waals surface area contributed by atoms with Gasteiger partial charge in [0.15, 0.2) is 0 Å². The van der Waals surface area contributed by atoms with E-state index in [9.17, 15) is 18.5 Å². The second-order valence-electron chi connectivity index (χ2n) is 7.45. The van der Waals surface area contributed by atoms with Gasteiger partial charge in [-0.25, -0.2) is 13.4 Å². The van der Waals surface area contributed by atoms with E-state index in [0.717, 1.165) is 0 Å². The number of anilines is 2. The highest BCUT2D eigenvalue weighted by atomic mass is 32.2. The minimum absolute atomic E-state index is 0.0754. The second kappa shape index (κ2) is 7.62. The predicted molar refractivity (Wildman–Crippen MR) is 123 cm³/mol. The van der Waals surface area contributed by atoms with Gasteiger partial charge in [0.05, 0.1) is 10.6 Å². The number of hydrogen-bond acceptors (Lipinski definition) is 6. The highest BCUT2D eigenvalue weighted by Gasteiger charge is 2.26. The van der Waals surface area contributed by atoms with Crippen molar-refractivity contribution in [1.82, 2.24) is 4.98 Å². The Morgan fingerprint density at radius 3 is 2.73 bits per heavy atom. The molecule has 0 saturated carbocycles. The molecular formula is C24H16N4O4S. The van der Waals surface area contributed by atoms with E-state index in [-0.39, 0.29) is 16.7 Å². The Balaban J connectivity index is 1.47. The molecule has 8 nitrogen and oxygen atoms in total. The molecule has 0 bridgehead atoms. The van der Waals surface area contributed by atoms with Gasteiger partial charge in [-0.2, -0.15) is 5.26 Å². The standard InChI is InChI=1S/C24H16N4O4S/c1-14-12-16(32-24-15(13-25)4-3-11-26-24)7-8-19(14)28-33(30,31)21-10-9-20-22-17(21)5-2-6-18(22)23(29)27-20/h2-12,28H,1H3,(H,27,29). The summed E-state index contributed by atoms with van der Waals surface area (Å²) in [4.78, 5) is 16.3. The Hall–Kier alpha value is -4.42. The maximum Gasteiger partial charge on any atom is 0.262 e. The minimum atomic E-state index is -3.95. The van der Waals surface area contributed by atoms with E-state index >= 15 is 0 Å². The van der Waals surface area contributed by atoms with E-state index in [1.165, 1.54) is 12.3 Å². The molecule has 0 spiro atoms. The molecule has 3 aromatic carbocycles. The van der Waals surface area contributed by atoms with Crippen molar-refractivity contribution >= 4 is 38.1 Å². The minimum Gasteiger partial charge on any atom is -0.438 e. The van der Waals surface area contributed by atoms with Crippen LogP contribution in [0.15, 0.2) is 71.8 Å². The fourth-order valence-corrected chi connectivity index (χ4v) is 5.12. The van der Waals surface area contributed by atoms with Gasteiger partial charge in [-0.3, -0.25) is 9.52 Å². The summed E-state index contributed by atoms with van der Waals surface area (Å²) in [6, 6.07) is 18.2. The summed E-state index contributed by atoms with van der Waals surface area (Å²) in [6.45, 7) is 1.74. The molecule has 9 heteroatoms. The Morgan fingerprint density at radius 1 is 1.09 bits per heavy atom. The molecule has 2 N–H and O–H groups in total. The first-order valence-corrected chi connectivity index (χ1v) is 11.4. The normalized spacial score (nSPS) is 12.3. The van der Waals surface area contributed by atoms with Crippen molar-refractivity contribution in [3.63, 3.8) is 0 Å². The molecule has 0 atom stereocenters. The van der Waals surface area contributed by atoms with Crippen molar-refractivity contribution in [3.8, 4) is 17.7 Å². The van der Waals surface area contributed by atoms with Crippen LogP contribution in [0.2, 0.25) is 0 Å². The van der Waals surface area contributed by atoms with Crippen LogP contribution in [0.3, 0.4) is 0 Å². The molecule has 5 rings (SSSR count). The first-order valence-electron chi connectivity index (χ1n) is 9.91. The number of sulfonamides is 1. The molecule has 0 aliphatic carbocycles. The third kappa shape index (κ3) is 3.52. The number of pyridine rings is 1. The van der Waals surface area contributed by atoms with Gasteiger partial charge in [0, 0.05) is 28.2 Å². The van der Waals surface area contributed by atoms with E-state index in [1.807, 2.05) is 6.07 Å². The van der Waals surface area contributed by atoms with Gasteiger partial charge in [0.25, 0.3) is 15.9 Å². The number of carbonyl (C=O) groups excluding carboxylic acids is 1. The maximum absolute atomic E-state index is 13.3. The first-order chi connectivity index (χ1) is 15.9. The average molecular weight is 456 g/mol. The monoisotopic (exact) mass is 456 g/mol. The van der Waals surface area contributed by atoms with E-state index in [2.05, 4.69) is 15.0 Å². The van der Waals surface area contributed by atoms with Crippen LogP contribution in [0.5, 0.6) is 11.6 Å². The van der Waals surface area contributed by atoms with Crippen LogP contribution in [-0.4, -0.2) is 19.3 Å². The zero-order valence-corrected chi connectivity index (χ0v) is 18.1. The molecule has 0 unspecified atom stereocenters. The Labute approximate surface area is 189 Å². The zero-order valence-electron chi connectivity index (χ0n) is 17.3. The van der Waals surface area contributed by atoms with E-state index in [0.29, 0.717) is 44.6 Å². The van der Waals surface area contributed by atoms with Crippen molar-refractivity contribution in [2.24, 2.45) is 0 Å². The fourth-order valence-electron chi connectivity index (χ4n) is 3.78. The van der Waals surface area contributed by atoms with E-state index in [4.69, 9.17) is 4.74 Å². The van der Waals surface area contributed by atoms with Crippen LogP contribution in [0.25, 0.3) is 10.8 Å². The van der Waals surface area contributed by atoms with Gasteiger partial charge in [-0.15, -0.1) is 0 Å². The van der Waals surface area contributed by atoms with Crippen LogP contribution in [0, 0.1) is 18.3 Å². The van der Waals surface area contributed by atoms with Gasteiger partial charge in [-0.1, -0.05) is 12.1 Å². The largest absolute Gasteiger partial charge is 0.438 e. The molecule has 33 heavy (non-hydrogen) atoms. The summed E-state index contributed by atoms with van der Waals surface area (Å²) in [5.41, 5.74) is 2.33. The van der Waals surface area contributed by atoms with Crippen LogP contribution in [0.4, 0.5) is 11.4 Å². The Morgan fingerprint density at radius 2 is 1.94 bits per heavy atom. The summed E-state index contributed by atoms with van der Waals surface area (Å²) in [6.07, 6.45) is 1.52. The first kappa shape index (κ1) is 20.5. The number of aromatic nitrogens is 1. The second-order valence-corrected chi connectivity index (χ2v) is 9.10. The molecule has 1 aliphatic heterocycles. The Bertz CT molecular complexity index is 1610. The molecule has 2 heterocycles. The van der Waals surface area contributed by atoms with E-state index in [1.54, 1.807) is 61.5 Å². The SMILES string of the molecule is Cc1cc(Oc2ncccc2C#N)ccc1NS(=O)(=O)c1ccc2c3c(cccc13)C(=O)N2. The lowest BCUT2D eigenvalue weighted by Crippen LogP contribution is -2.14. The molecule has 1 aliphatic rings. The third-order valence-electron chi connectivity index (χ3n) is 5.33. The predicted octanol–water partition coefficient (Wildman–Crippen LogP) is 4.57. The number of rotatable bonds is 5. The number of nitrogens with zero attached hydrogens (tertiary/aromatic N) is 2. The lowest BCUT2D eigenvalue weighted by Gasteiger charge is -2.14. The molecule has 4 aromatic rings. The molecule has 0 fully saturated rings. The Kier molecular flexibility index (Phi) is 4.73. The molecule has 0 saturated heterocycles. The average Bonchev–Trinajstić information content (AvgIpc) is 3.13. The molecule has 0 radical (unpaired) electrons. The number of ether oxygens (including phenoxy) is 1. The molecule has 162 valence electrons. The van der Waals surface area contributed by atoms with Crippen molar-refractivity contribution in [1.29, 1.82) is 5.26 Å². The number of nitriles is 1. The van der Waals surface area contributed by atoms with Gasteiger partial charge < -0.3 is 10.1 Å². The van der Waals surface area contributed by atoms with Gasteiger partial charge in [-0.05, 0) is 61.0 Å². The van der Waals surface area contributed by atoms with Crippen LogP contribution < -0.4 is 14.8 Å². The third-order valence-corrected chi connectivity index (χ3v) is 6.75. The summed E-state index contributed by atoms with van der Waals surface area (Å²) in [5, 5.41) is 13.0. The fraction of sp³-hybridized carbons (Fsp3) is 0.0417. The topological polar surface area (TPSA) is 121 Å². The summed E-state index contributed by atoms with van der Waals surface area (Å²) >= 11 is 0. The van der Waals surface area contributed by atoms with Crippen LogP contribution in [-0.2, 0) is 10.0 Å². The number of amides is 1. The van der Waals surface area contributed by atoms with Crippen molar-refractivity contribution < 1.29 is 17.9 Å². The number of carbonyl (C=O) groups is 1. The molecular weight excluding hydrogens is 440 g/mol. The van der Waals surface area contributed by atoms with E-state index < -0.39 is 10.0 Å². The zero-order chi connectivity index (χ0) is 23.2. The van der Waals surface area contributed by atoms with Crippen molar-refractivity contribution in [2.45, 2.75) is 11.8 Å².